The molecule has 0 atom stereocenters. The number of anilines is 1. The molecule has 134 valence electrons. The second-order valence-electron chi connectivity index (χ2n) is 6.16. The third-order valence-electron chi connectivity index (χ3n) is 4.50. The molecule has 0 spiro atoms. The van der Waals surface area contributed by atoms with Gasteiger partial charge in [-0.05, 0) is 36.5 Å². The molecule has 3 rings (SSSR count). The predicted octanol–water partition coefficient (Wildman–Crippen LogP) is 1.36. The van der Waals surface area contributed by atoms with Gasteiger partial charge in [-0.25, -0.2) is 13.6 Å². The molecule has 2 N–H and O–H groups in total. The van der Waals surface area contributed by atoms with Crippen LogP contribution < -0.4 is 10.0 Å². The van der Waals surface area contributed by atoms with Crippen LogP contribution in [0.15, 0.2) is 35.5 Å². The minimum absolute atomic E-state index is 0.244. The van der Waals surface area contributed by atoms with Gasteiger partial charge in [-0.3, -0.25) is 14.8 Å². The third-order valence-corrected chi connectivity index (χ3v) is 5.42. The van der Waals surface area contributed by atoms with Crippen LogP contribution >= 0.6 is 0 Å². The maximum absolute atomic E-state index is 11.4. The fraction of sp³-hybridized carbons (Fsp3) is 0.400. The number of sulfonamides is 1. The Hall–Kier alpha value is -2.46. The Labute approximate surface area is 145 Å². The standard InChI is InChI=1S/C15H19N5O4S/c1-18-10-12(9-17-18)11-4-6-19(7-5-11)14-3-2-13(25(16,23)24)8-15(14)20(21)22/h2-3,8-11H,4-7H2,1H3,(H2,16,23,24). The van der Waals surface area contributed by atoms with Crippen molar-refractivity contribution in [2.75, 3.05) is 18.0 Å². The Morgan fingerprint density at radius 2 is 2.00 bits per heavy atom. The first-order chi connectivity index (χ1) is 11.8. The smallest absolute Gasteiger partial charge is 0.293 e. The number of nitro benzene ring substituents is 1. The summed E-state index contributed by atoms with van der Waals surface area (Å²) in [6.07, 6.45) is 5.53. The molecule has 10 heteroatoms. The van der Waals surface area contributed by atoms with Crippen LogP contribution in [0.2, 0.25) is 0 Å². The Bertz CT molecular complexity index is 900. The van der Waals surface area contributed by atoms with Crippen molar-refractivity contribution in [3.05, 3.63) is 46.3 Å². The van der Waals surface area contributed by atoms with E-state index >= 15 is 0 Å². The molecule has 1 aliphatic heterocycles. The molecular weight excluding hydrogens is 346 g/mol. The predicted molar refractivity (Wildman–Crippen MR) is 91.9 cm³/mol. The highest BCUT2D eigenvalue weighted by atomic mass is 32.2. The summed E-state index contributed by atoms with van der Waals surface area (Å²) in [6, 6.07) is 3.80. The molecule has 0 saturated carbocycles. The largest absolute Gasteiger partial charge is 0.366 e. The summed E-state index contributed by atoms with van der Waals surface area (Å²) in [7, 11) is -2.11. The van der Waals surface area contributed by atoms with E-state index < -0.39 is 14.9 Å². The van der Waals surface area contributed by atoms with E-state index in [1.165, 1.54) is 17.7 Å². The maximum atomic E-state index is 11.4. The van der Waals surface area contributed by atoms with Gasteiger partial charge in [0.05, 0.1) is 16.0 Å². The molecule has 1 saturated heterocycles. The monoisotopic (exact) mass is 365 g/mol. The molecule has 0 aliphatic carbocycles. The SMILES string of the molecule is Cn1cc(C2CCN(c3ccc(S(N)(=O)=O)cc3[N+](=O)[O-])CC2)cn1. The van der Waals surface area contributed by atoms with Crippen molar-refractivity contribution in [1.29, 1.82) is 0 Å². The number of nitrogens with two attached hydrogens (primary N) is 1. The van der Waals surface area contributed by atoms with E-state index in [-0.39, 0.29) is 10.6 Å². The van der Waals surface area contributed by atoms with Crippen LogP contribution in [0.1, 0.15) is 24.3 Å². The highest BCUT2D eigenvalue weighted by molar-refractivity contribution is 7.89. The fourth-order valence-electron chi connectivity index (χ4n) is 3.20. The van der Waals surface area contributed by atoms with E-state index in [0.717, 1.165) is 18.9 Å². The third kappa shape index (κ3) is 3.64. The topological polar surface area (TPSA) is 124 Å². The van der Waals surface area contributed by atoms with Crippen LogP contribution in [0.25, 0.3) is 0 Å². The molecular formula is C15H19N5O4S. The van der Waals surface area contributed by atoms with Gasteiger partial charge < -0.3 is 4.90 Å². The summed E-state index contributed by atoms with van der Waals surface area (Å²) in [6.45, 7) is 1.30. The Kier molecular flexibility index (Phi) is 4.48. The second kappa shape index (κ2) is 6.45. The molecule has 9 nitrogen and oxygen atoms in total. The van der Waals surface area contributed by atoms with Crippen LogP contribution in [0, 0.1) is 10.1 Å². The molecule has 1 aromatic heterocycles. The Balaban J connectivity index is 1.82. The summed E-state index contributed by atoms with van der Waals surface area (Å²) in [5.74, 6) is 0.368. The zero-order valence-corrected chi connectivity index (χ0v) is 14.5. The van der Waals surface area contributed by atoms with Gasteiger partial charge in [0.25, 0.3) is 5.69 Å². The van der Waals surface area contributed by atoms with Gasteiger partial charge in [-0.2, -0.15) is 5.10 Å². The van der Waals surface area contributed by atoms with Crippen molar-refractivity contribution < 1.29 is 13.3 Å². The van der Waals surface area contributed by atoms with E-state index in [9.17, 15) is 18.5 Å². The summed E-state index contributed by atoms with van der Waals surface area (Å²) in [4.78, 5) is 12.5. The number of nitrogens with zero attached hydrogens (tertiary/aromatic N) is 4. The molecule has 2 heterocycles. The van der Waals surface area contributed by atoms with E-state index in [0.29, 0.717) is 24.7 Å². The van der Waals surface area contributed by atoms with Gasteiger partial charge in [0.1, 0.15) is 5.69 Å². The van der Waals surface area contributed by atoms with E-state index in [2.05, 4.69) is 5.10 Å². The minimum Gasteiger partial charge on any atom is -0.366 e. The first-order valence-corrected chi connectivity index (χ1v) is 9.35. The normalized spacial score (nSPS) is 16.2. The number of piperidine rings is 1. The highest BCUT2D eigenvalue weighted by Crippen LogP contribution is 2.35. The van der Waals surface area contributed by atoms with Crippen LogP contribution in [-0.4, -0.2) is 36.2 Å². The average Bonchev–Trinajstić information content (AvgIpc) is 3.00. The van der Waals surface area contributed by atoms with Crippen molar-refractivity contribution >= 4 is 21.4 Å². The van der Waals surface area contributed by atoms with E-state index in [4.69, 9.17) is 5.14 Å². The van der Waals surface area contributed by atoms with Crippen molar-refractivity contribution in [3.63, 3.8) is 0 Å². The number of rotatable bonds is 4. The lowest BCUT2D eigenvalue weighted by atomic mass is 9.91. The maximum Gasteiger partial charge on any atom is 0.293 e. The first-order valence-electron chi connectivity index (χ1n) is 7.80. The molecule has 1 aliphatic rings. The molecule has 0 amide bonds. The van der Waals surface area contributed by atoms with Crippen molar-refractivity contribution in [1.82, 2.24) is 9.78 Å². The van der Waals surface area contributed by atoms with Crippen molar-refractivity contribution in [2.24, 2.45) is 12.2 Å². The van der Waals surface area contributed by atoms with Crippen LogP contribution in [0.3, 0.4) is 0 Å². The summed E-state index contributed by atoms with van der Waals surface area (Å²) in [5.41, 5.74) is 1.34. The molecule has 1 fully saturated rings. The number of aromatic nitrogens is 2. The Morgan fingerprint density at radius 3 is 2.52 bits per heavy atom. The number of hydrogen-bond acceptors (Lipinski definition) is 6. The number of benzene rings is 1. The molecule has 1 aromatic carbocycles. The van der Waals surface area contributed by atoms with Crippen molar-refractivity contribution in [3.8, 4) is 0 Å². The van der Waals surface area contributed by atoms with Crippen molar-refractivity contribution in [2.45, 2.75) is 23.7 Å². The number of primary sulfonamides is 1. The van der Waals surface area contributed by atoms with Gasteiger partial charge in [-0.15, -0.1) is 0 Å². The van der Waals surface area contributed by atoms with Gasteiger partial charge >= 0.3 is 0 Å². The Morgan fingerprint density at radius 1 is 1.32 bits per heavy atom. The van der Waals surface area contributed by atoms with Gasteiger partial charge in [0.2, 0.25) is 10.0 Å². The van der Waals surface area contributed by atoms with Gasteiger partial charge in [0, 0.05) is 32.4 Å². The molecule has 2 aromatic rings. The van der Waals surface area contributed by atoms with Crippen LogP contribution in [0.5, 0.6) is 0 Å². The number of hydrogen-bond donors (Lipinski definition) is 1. The lowest BCUT2D eigenvalue weighted by Crippen LogP contribution is -2.33. The number of aryl methyl sites for hydroxylation is 1. The van der Waals surface area contributed by atoms with E-state index in [1.807, 2.05) is 24.3 Å². The zero-order chi connectivity index (χ0) is 18.2. The molecule has 0 unspecified atom stereocenters. The summed E-state index contributed by atoms with van der Waals surface area (Å²) < 4.78 is 24.6. The zero-order valence-electron chi connectivity index (χ0n) is 13.7. The van der Waals surface area contributed by atoms with Gasteiger partial charge in [0.15, 0.2) is 0 Å². The molecule has 0 radical (unpaired) electrons. The fourth-order valence-corrected chi connectivity index (χ4v) is 3.73. The molecule has 0 bridgehead atoms. The lowest BCUT2D eigenvalue weighted by molar-refractivity contribution is -0.384. The number of nitro groups is 1. The summed E-state index contributed by atoms with van der Waals surface area (Å²) >= 11 is 0. The average molecular weight is 365 g/mol. The van der Waals surface area contributed by atoms with E-state index in [1.54, 1.807) is 4.68 Å². The van der Waals surface area contributed by atoms with Crippen LogP contribution in [-0.2, 0) is 17.1 Å². The lowest BCUT2D eigenvalue weighted by Gasteiger charge is -2.33. The first kappa shape index (κ1) is 17.4. The minimum atomic E-state index is -3.98. The second-order valence-corrected chi connectivity index (χ2v) is 7.72. The van der Waals surface area contributed by atoms with Gasteiger partial charge in [-0.1, -0.05) is 0 Å². The quantitative estimate of drug-likeness (QED) is 0.644. The van der Waals surface area contributed by atoms with Crippen LogP contribution in [0.4, 0.5) is 11.4 Å². The highest BCUT2D eigenvalue weighted by Gasteiger charge is 2.27. The molecule has 25 heavy (non-hydrogen) atoms. The summed E-state index contributed by atoms with van der Waals surface area (Å²) in [5, 5.41) is 20.6.